The van der Waals surface area contributed by atoms with Gasteiger partial charge in [0.15, 0.2) is 0 Å². The van der Waals surface area contributed by atoms with Crippen LogP contribution in [0.2, 0.25) is 0 Å². The largest absolute Gasteiger partial charge is 0.391 e. The summed E-state index contributed by atoms with van der Waals surface area (Å²) in [5.74, 6) is -1.52. The highest BCUT2D eigenvalue weighted by atomic mass is 16.6. The number of esters is 2. The van der Waals surface area contributed by atoms with Crippen LogP contribution in [0.4, 0.5) is 0 Å². The first-order valence-corrected chi connectivity index (χ1v) is 3.84. The highest BCUT2D eigenvalue weighted by molar-refractivity contribution is 5.87. The summed E-state index contributed by atoms with van der Waals surface area (Å²) < 4.78 is 4.02. The van der Waals surface area contributed by atoms with Gasteiger partial charge in [-0.25, -0.2) is 0 Å². The molecule has 70 valence electrons. The number of rotatable bonds is 2. The van der Waals surface area contributed by atoms with E-state index in [1.54, 1.807) is 0 Å². The van der Waals surface area contributed by atoms with E-state index in [-0.39, 0.29) is 13.1 Å². The Kier molecular flexibility index (Phi) is 6.22. The van der Waals surface area contributed by atoms with Gasteiger partial charge < -0.3 is 16.2 Å². The molecule has 1 fully saturated rings. The fourth-order valence-corrected chi connectivity index (χ4v) is 0.210. The molecule has 1 aliphatic carbocycles. The molecule has 1 rings (SSSR count). The first-order valence-electron chi connectivity index (χ1n) is 3.84. The molecule has 4 N–H and O–H groups in total. The Hall–Kier alpha value is -0.940. The minimum atomic E-state index is -0.759. The summed E-state index contributed by atoms with van der Waals surface area (Å²) in [7, 11) is 0. The Morgan fingerprint density at radius 3 is 1.50 bits per heavy atom. The van der Waals surface area contributed by atoms with Crippen molar-refractivity contribution in [2.75, 3.05) is 13.1 Å². The maximum Gasteiger partial charge on any atom is 0.327 e. The smallest absolute Gasteiger partial charge is 0.327 e. The van der Waals surface area contributed by atoms with E-state index in [1.807, 2.05) is 0 Å². The molecule has 1 saturated carbocycles. The lowest BCUT2D eigenvalue weighted by Crippen LogP contribution is -2.25. The maximum absolute atomic E-state index is 10.2. The topological polar surface area (TPSA) is 95.4 Å². The number of hydrogen-bond donors (Lipinski definition) is 2. The first-order chi connectivity index (χ1) is 5.70. The van der Waals surface area contributed by atoms with Crippen molar-refractivity contribution in [1.29, 1.82) is 0 Å². The Morgan fingerprint density at radius 1 is 1.00 bits per heavy atom. The van der Waals surface area contributed by atoms with E-state index in [0.29, 0.717) is 0 Å². The second kappa shape index (κ2) is 6.75. The average Bonchev–Trinajstić information content (AvgIpc) is 2.89. The van der Waals surface area contributed by atoms with Gasteiger partial charge in [-0.3, -0.25) is 9.59 Å². The first kappa shape index (κ1) is 11.1. The standard InChI is InChI=1S/C4H8N2O3.C3H6/c5-1-3(7)9-4(8)2-6;1-2-3-1/h1-2,5-6H2;1-3H2. The average molecular weight is 174 g/mol. The number of ether oxygens (including phenoxy) is 1. The molecule has 0 radical (unpaired) electrons. The highest BCUT2D eigenvalue weighted by Gasteiger charge is 2.04. The molecule has 0 aromatic rings. The van der Waals surface area contributed by atoms with E-state index in [0.717, 1.165) is 0 Å². The van der Waals surface area contributed by atoms with Crippen LogP contribution < -0.4 is 11.5 Å². The van der Waals surface area contributed by atoms with Gasteiger partial charge in [0.2, 0.25) is 0 Å². The van der Waals surface area contributed by atoms with Crippen LogP contribution in [0.1, 0.15) is 19.3 Å². The van der Waals surface area contributed by atoms with Gasteiger partial charge in [-0.05, 0) is 0 Å². The van der Waals surface area contributed by atoms with Crippen LogP contribution in [0.5, 0.6) is 0 Å². The predicted octanol–water partition coefficient (Wildman–Crippen LogP) is -0.856. The summed E-state index contributed by atoms with van der Waals surface area (Å²) in [6, 6.07) is 0. The number of carbonyl (C=O) groups is 2. The van der Waals surface area contributed by atoms with E-state index in [2.05, 4.69) is 4.74 Å². The van der Waals surface area contributed by atoms with Crippen molar-refractivity contribution in [3.8, 4) is 0 Å². The fraction of sp³-hybridized carbons (Fsp3) is 0.714. The van der Waals surface area contributed by atoms with Crippen molar-refractivity contribution < 1.29 is 14.3 Å². The van der Waals surface area contributed by atoms with Gasteiger partial charge in [0.25, 0.3) is 0 Å². The van der Waals surface area contributed by atoms with E-state index >= 15 is 0 Å². The van der Waals surface area contributed by atoms with Crippen LogP contribution in [-0.2, 0) is 14.3 Å². The molecule has 0 bridgehead atoms. The third-order valence-electron chi connectivity index (χ3n) is 0.915. The molecule has 5 heteroatoms. The summed E-state index contributed by atoms with van der Waals surface area (Å²) >= 11 is 0. The SMILES string of the molecule is C1CC1.NCC(=O)OC(=O)CN. The fourth-order valence-electron chi connectivity index (χ4n) is 0.210. The molecular formula is C7H14N2O3. The summed E-state index contributed by atoms with van der Waals surface area (Å²) in [6.07, 6.45) is 4.50. The van der Waals surface area contributed by atoms with Gasteiger partial charge >= 0.3 is 11.9 Å². The van der Waals surface area contributed by atoms with Crippen molar-refractivity contribution in [3.63, 3.8) is 0 Å². The van der Waals surface area contributed by atoms with Crippen molar-refractivity contribution in [3.05, 3.63) is 0 Å². The number of carbonyl (C=O) groups excluding carboxylic acids is 2. The van der Waals surface area contributed by atoms with E-state index in [1.165, 1.54) is 19.3 Å². The lowest BCUT2D eigenvalue weighted by molar-refractivity contribution is -0.157. The third-order valence-corrected chi connectivity index (χ3v) is 0.915. The molecule has 5 nitrogen and oxygen atoms in total. The van der Waals surface area contributed by atoms with Crippen LogP contribution in [-0.4, -0.2) is 25.0 Å². The van der Waals surface area contributed by atoms with Gasteiger partial charge in [0.1, 0.15) is 0 Å². The molecule has 1 aliphatic rings. The van der Waals surface area contributed by atoms with Crippen LogP contribution in [0.15, 0.2) is 0 Å². The van der Waals surface area contributed by atoms with Crippen LogP contribution >= 0.6 is 0 Å². The van der Waals surface area contributed by atoms with Crippen molar-refractivity contribution in [2.45, 2.75) is 19.3 Å². The minimum Gasteiger partial charge on any atom is -0.391 e. The summed E-state index contributed by atoms with van der Waals surface area (Å²) in [5, 5.41) is 0. The summed E-state index contributed by atoms with van der Waals surface area (Å²) in [6.45, 7) is -0.600. The molecule has 0 unspecified atom stereocenters. The Morgan fingerprint density at radius 2 is 1.33 bits per heavy atom. The van der Waals surface area contributed by atoms with E-state index in [9.17, 15) is 9.59 Å². The second-order valence-electron chi connectivity index (χ2n) is 2.31. The molecule has 0 atom stereocenters. The van der Waals surface area contributed by atoms with Crippen LogP contribution in [0.3, 0.4) is 0 Å². The zero-order valence-electron chi connectivity index (χ0n) is 6.91. The van der Waals surface area contributed by atoms with Crippen LogP contribution in [0.25, 0.3) is 0 Å². The predicted molar refractivity (Wildman–Crippen MR) is 43.1 cm³/mol. The van der Waals surface area contributed by atoms with Crippen molar-refractivity contribution in [2.24, 2.45) is 11.5 Å². The quantitative estimate of drug-likeness (QED) is 0.419. The molecule has 0 heterocycles. The number of hydrogen-bond acceptors (Lipinski definition) is 5. The molecule has 0 aromatic carbocycles. The zero-order chi connectivity index (χ0) is 9.40. The molecule has 0 aromatic heterocycles. The maximum atomic E-state index is 10.2. The molecule has 12 heavy (non-hydrogen) atoms. The zero-order valence-corrected chi connectivity index (χ0v) is 6.91. The Balaban J connectivity index is 0.000000330. The number of nitrogens with two attached hydrogens (primary N) is 2. The Bertz CT molecular complexity index is 140. The second-order valence-corrected chi connectivity index (χ2v) is 2.31. The van der Waals surface area contributed by atoms with Gasteiger partial charge in [-0.2, -0.15) is 0 Å². The summed E-state index contributed by atoms with van der Waals surface area (Å²) in [4.78, 5) is 20.3. The monoisotopic (exact) mass is 174 g/mol. The molecule has 0 spiro atoms. The van der Waals surface area contributed by atoms with Gasteiger partial charge in [-0.1, -0.05) is 19.3 Å². The summed E-state index contributed by atoms with van der Waals surface area (Å²) in [5.41, 5.74) is 9.61. The van der Waals surface area contributed by atoms with Crippen LogP contribution in [0, 0.1) is 0 Å². The lowest BCUT2D eigenvalue weighted by Gasteiger charge is -1.95. The van der Waals surface area contributed by atoms with Gasteiger partial charge in [-0.15, -0.1) is 0 Å². The molecule has 0 amide bonds. The highest BCUT2D eigenvalue weighted by Crippen LogP contribution is 2.14. The lowest BCUT2D eigenvalue weighted by atomic mass is 10.6. The Labute approximate surface area is 71.0 Å². The molecule has 0 aliphatic heterocycles. The third kappa shape index (κ3) is 9.06. The van der Waals surface area contributed by atoms with Crippen molar-refractivity contribution in [1.82, 2.24) is 0 Å². The van der Waals surface area contributed by atoms with Gasteiger partial charge in [0, 0.05) is 0 Å². The van der Waals surface area contributed by atoms with Gasteiger partial charge in [0.05, 0.1) is 13.1 Å². The van der Waals surface area contributed by atoms with E-state index < -0.39 is 11.9 Å². The normalized spacial score (nSPS) is 12.5. The molecule has 0 saturated heterocycles. The minimum absolute atomic E-state index is 0.300. The van der Waals surface area contributed by atoms with Crippen molar-refractivity contribution >= 4 is 11.9 Å². The molecular weight excluding hydrogens is 160 g/mol. The van der Waals surface area contributed by atoms with E-state index in [4.69, 9.17) is 11.5 Å².